The second-order valence-corrected chi connectivity index (χ2v) is 24.1. The maximum atomic E-state index is 12.9. The molecule has 1 unspecified atom stereocenters. The molecule has 0 aliphatic heterocycles. The van der Waals surface area contributed by atoms with E-state index in [1.165, 1.54) is 250 Å². The van der Waals surface area contributed by atoms with Gasteiger partial charge in [0, 0.05) is 19.3 Å². The molecule has 1 atom stereocenters. The molecule has 0 saturated heterocycles. The minimum Gasteiger partial charge on any atom is -0.462 e. The summed E-state index contributed by atoms with van der Waals surface area (Å²) in [4.78, 5) is 38.3. The summed E-state index contributed by atoms with van der Waals surface area (Å²) >= 11 is 0. The van der Waals surface area contributed by atoms with Gasteiger partial charge in [-0.25, -0.2) is 0 Å². The lowest BCUT2D eigenvalue weighted by Crippen LogP contribution is -2.30. The van der Waals surface area contributed by atoms with Crippen LogP contribution in [0.5, 0.6) is 0 Å². The predicted octanol–water partition coefficient (Wildman–Crippen LogP) is 25.0. The van der Waals surface area contributed by atoms with Crippen LogP contribution in [0.25, 0.3) is 0 Å². The second-order valence-electron chi connectivity index (χ2n) is 24.1. The third-order valence-corrected chi connectivity index (χ3v) is 15.9. The van der Waals surface area contributed by atoms with Crippen molar-refractivity contribution >= 4 is 17.9 Å². The van der Waals surface area contributed by atoms with E-state index in [9.17, 15) is 14.4 Å². The first-order chi connectivity index (χ1) is 41.0. The van der Waals surface area contributed by atoms with Gasteiger partial charge in [0.1, 0.15) is 13.2 Å². The maximum absolute atomic E-state index is 12.9. The van der Waals surface area contributed by atoms with Crippen molar-refractivity contribution in [1.82, 2.24) is 0 Å². The summed E-state index contributed by atoms with van der Waals surface area (Å²) in [6.45, 7) is 6.48. The standard InChI is InChI=1S/C77H136O6/c1-4-7-10-13-16-19-22-25-27-29-30-31-32-33-34-35-36-37-38-39-40-41-42-43-44-45-46-48-49-52-55-58-61-64-67-70-76(79)82-73-74(72-81-75(78)69-66-63-60-57-54-51-24-21-18-15-12-9-6-3)83-77(80)71-68-65-62-59-56-53-50-47-28-26-23-20-17-14-11-8-5-2/h9,12,18,21-22,25-26,28-30,51,54,60,63,74H,4-8,10-11,13-17,19-20,23-24,27,31-50,52-53,55-59,61-62,64-73H2,1-3H3/b12-9-,21-18-,25-22-,28-26-,30-29-,54-51-,63-60-. The number of carbonyl (C=O) groups excluding carboxylic acids is 3. The highest BCUT2D eigenvalue weighted by Gasteiger charge is 2.19. The van der Waals surface area contributed by atoms with Gasteiger partial charge in [-0.05, 0) is 103 Å². The lowest BCUT2D eigenvalue weighted by atomic mass is 10.0. The number of rotatable bonds is 66. The van der Waals surface area contributed by atoms with Gasteiger partial charge in [0.15, 0.2) is 6.10 Å². The Morgan fingerprint density at radius 3 is 0.819 bits per heavy atom. The Morgan fingerprint density at radius 2 is 0.494 bits per heavy atom. The van der Waals surface area contributed by atoms with Gasteiger partial charge in [0.05, 0.1) is 0 Å². The molecule has 0 aromatic rings. The average molecular weight is 1160 g/mol. The van der Waals surface area contributed by atoms with Crippen LogP contribution in [0.4, 0.5) is 0 Å². The van der Waals surface area contributed by atoms with Crippen LogP contribution >= 0.6 is 0 Å². The van der Waals surface area contributed by atoms with E-state index in [-0.39, 0.29) is 37.5 Å². The smallest absolute Gasteiger partial charge is 0.306 e. The molecule has 0 bridgehead atoms. The Balaban J connectivity index is 4.13. The molecule has 0 fully saturated rings. The number of ether oxygens (including phenoxy) is 3. The monoisotopic (exact) mass is 1160 g/mol. The molecule has 0 rings (SSSR count). The van der Waals surface area contributed by atoms with Gasteiger partial charge in [-0.3, -0.25) is 14.4 Å². The zero-order valence-corrected chi connectivity index (χ0v) is 55.2. The van der Waals surface area contributed by atoms with Crippen molar-refractivity contribution in [2.75, 3.05) is 13.2 Å². The molecule has 0 radical (unpaired) electrons. The number of hydrogen-bond donors (Lipinski definition) is 0. The van der Waals surface area contributed by atoms with Crippen LogP contribution < -0.4 is 0 Å². The lowest BCUT2D eigenvalue weighted by Gasteiger charge is -2.18. The quantitative estimate of drug-likeness (QED) is 0.0261. The highest BCUT2D eigenvalue weighted by Crippen LogP contribution is 2.18. The fraction of sp³-hybridized carbons (Fsp3) is 0.779. The molecule has 6 heteroatoms. The summed E-state index contributed by atoms with van der Waals surface area (Å²) < 4.78 is 16.9. The van der Waals surface area contributed by atoms with E-state index in [4.69, 9.17) is 14.2 Å². The molecular formula is C77H136O6. The zero-order chi connectivity index (χ0) is 59.9. The molecule has 0 spiro atoms. The number of unbranched alkanes of at least 4 members (excludes halogenated alkanes) is 41. The summed E-state index contributed by atoms with van der Waals surface area (Å²) in [6.07, 6.45) is 95.1. The van der Waals surface area contributed by atoms with Crippen LogP contribution in [0.2, 0.25) is 0 Å². The fourth-order valence-corrected chi connectivity index (χ4v) is 10.5. The van der Waals surface area contributed by atoms with Crippen molar-refractivity contribution in [3.8, 4) is 0 Å². The van der Waals surface area contributed by atoms with E-state index in [1.807, 2.05) is 6.08 Å². The summed E-state index contributed by atoms with van der Waals surface area (Å²) in [5.74, 6) is -0.970. The van der Waals surface area contributed by atoms with Gasteiger partial charge in [0.25, 0.3) is 0 Å². The molecular weight excluding hydrogens is 1020 g/mol. The third kappa shape index (κ3) is 69.3. The van der Waals surface area contributed by atoms with Gasteiger partial charge in [0.2, 0.25) is 0 Å². The molecule has 6 nitrogen and oxygen atoms in total. The third-order valence-electron chi connectivity index (χ3n) is 15.9. The summed E-state index contributed by atoms with van der Waals surface area (Å²) in [6, 6.07) is 0. The molecule has 0 heterocycles. The zero-order valence-electron chi connectivity index (χ0n) is 55.2. The Morgan fingerprint density at radius 1 is 0.253 bits per heavy atom. The first kappa shape index (κ1) is 79.6. The molecule has 0 aliphatic rings. The van der Waals surface area contributed by atoms with Crippen LogP contribution in [0, 0.1) is 0 Å². The largest absolute Gasteiger partial charge is 0.462 e. The van der Waals surface area contributed by atoms with Crippen LogP contribution in [0.3, 0.4) is 0 Å². The second kappa shape index (κ2) is 71.1. The van der Waals surface area contributed by atoms with E-state index in [0.717, 1.165) is 70.6 Å². The fourth-order valence-electron chi connectivity index (χ4n) is 10.5. The van der Waals surface area contributed by atoms with E-state index >= 15 is 0 Å². The van der Waals surface area contributed by atoms with Gasteiger partial charge in [-0.2, -0.15) is 0 Å². The van der Waals surface area contributed by atoms with Gasteiger partial charge < -0.3 is 14.2 Å². The number of carbonyl (C=O) groups is 3. The molecule has 0 saturated carbocycles. The van der Waals surface area contributed by atoms with Crippen molar-refractivity contribution < 1.29 is 28.6 Å². The Kier molecular flexibility index (Phi) is 68.2. The van der Waals surface area contributed by atoms with Crippen molar-refractivity contribution in [2.24, 2.45) is 0 Å². The first-order valence-corrected chi connectivity index (χ1v) is 36.1. The molecule has 0 amide bonds. The van der Waals surface area contributed by atoms with Crippen molar-refractivity contribution in [3.05, 3.63) is 85.1 Å². The SMILES string of the molecule is CC/C=C\C/C=C\C/C=C\C/C=C\CCC(=O)OCC(COC(=O)CCCCCCCCCCCCCCCCCCCCCCCCC/C=C\C/C=C\CCCCCCC)OC(=O)CCCCCCCCC/C=C\CCCCCCCC. The van der Waals surface area contributed by atoms with Crippen LogP contribution in [0.1, 0.15) is 367 Å². The van der Waals surface area contributed by atoms with E-state index < -0.39 is 6.10 Å². The Bertz CT molecular complexity index is 1570. The number of allylic oxidation sites excluding steroid dienone is 14. The van der Waals surface area contributed by atoms with Crippen LogP contribution in [0.15, 0.2) is 85.1 Å². The lowest BCUT2D eigenvalue weighted by molar-refractivity contribution is -0.166. The minimum absolute atomic E-state index is 0.0967. The van der Waals surface area contributed by atoms with Gasteiger partial charge >= 0.3 is 17.9 Å². The molecule has 0 N–H and O–H groups in total. The predicted molar refractivity (Wildman–Crippen MR) is 362 cm³/mol. The summed E-state index contributed by atoms with van der Waals surface area (Å²) in [7, 11) is 0. The van der Waals surface area contributed by atoms with Crippen molar-refractivity contribution in [1.29, 1.82) is 0 Å². The van der Waals surface area contributed by atoms with Crippen molar-refractivity contribution in [2.45, 2.75) is 374 Å². The van der Waals surface area contributed by atoms with Crippen LogP contribution in [-0.2, 0) is 28.6 Å². The number of hydrogen-bond acceptors (Lipinski definition) is 6. The topological polar surface area (TPSA) is 78.9 Å². The Hall–Kier alpha value is -3.41. The first-order valence-electron chi connectivity index (χ1n) is 36.1. The van der Waals surface area contributed by atoms with Crippen LogP contribution in [-0.4, -0.2) is 37.2 Å². The average Bonchev–Trinajstić information content (AvgIpc) is 3.49. The molecule has 83 heavy (non-hydrogen) atoms. The summed E-state index contributed by atoms with van der Waals surface area (Å²) in [5.41, 5.74) is 0. The highest BCUT2D eigenvalue weighted by atomic mass is 16.6. The molecule has 480 valence electrons. The molecule has 0 aliphatic carbocycles. The van der Waals surface area contributed by atoms with E-state index in [1.54, 1.807) is 0 Å². The molecule has 0 aromatic carbocycles. The van der Waals surface area contributed by atoms with Gasteiger partial charge in [-0.1, -0.05) is 331 Å². The number of esters is 3. The van der Waals surface area contributed by atoms with E-state index in [0.29, 0.717) is 19.3 Å². The normalized spacial score (nSPS) is 12.6. The summed E-state index contributed by atoms with van der Waals surface area (Å²) in [5, 5.41) is 0. The highest BCUT2D eigenvalue weighted by molar-refractivity contribution is 5.71. The van der Waals surface area contributed by atoms with E-state index in [2.05, 4.69) is 99.8 Å². The van der Waals surface area contributed by atoms with Gasteiger partial charge in [-0.15, -0.1) is 0 Å². The maximum Gasteiger partial charge on any atom is 0.306 e. The molecule has 0 aromatic heterocycles. The Labute approximate surface area is 515 Å². The van der Waals surface area contributed by atoms with Crippen molar-refractivity contribution in [3.63, 3.8) is 0 Å². The minimum atomic E-state index is -0.807.